The Labute approximate surface area is 115 Å². The van der Waals surface area contributed by atoms with E-state index in [2.05, 4.69) is 9.71 Å². The maximum absolute atomic E-state index is 11.8. The molecule has 7 nitrogen and oxygen atoms in total. The second kappa shape index (κ2) is 5.85. The van der Waals surface area contributed by atoms with Crippen molar-refractivity contribution in [1.29, 1.82) is 0 Å². The molecule has 2 N–H and O–H groups in total. The highest BCUT2D eigenvalue weighted by molar-refractivity contribution is 7.89. The van der Waals surface area contributed by atoms with Crippen LogP contribution in [-0.4, -0.2) is 31.0 Å². The molecule has 2 aromatic rings. The number of nitrogens with one attached hydrogen (secondary N) is 1. The largest absolute Gasteiger partial charge is 0.475 e. The van der Waals surface area contributed by atoms with Crippen LogP contribution in [0.1, 0.15) is 16.2 Å². The zero-order valence-electron chi connectivity index (χ0n) is 10.3. The van der Waals surface area contributed by atoms with Crippen molar-refractivity contribution in [2.75, 3.05) is 6.54 Å². The molecule has 0 aliphatic rings. The highest BCUT2D eigenvalue weighted by Gasteiger charge is 2.20. The third kappa shape index (κ3) is 3.43. The number of carboxylic acid groups (broad SMARTS) is 1. The highest BCUT2D eigenvalue weighted by Crippen LogP contribution is 2.13. The fraction of sp³-hybridized carbons (Fsp3) is 0.167. The van der Waals surface area contributed by atoms with Gasteiger partial charge >= 0.3 is 5.97 Å². The molecule has 8 heteroatoms. The molecule has 2 heterocycles. The Balaban J connectivity index is 1.98. The lowest BCUT2D eigenvalue weighted by molar-refractivity contribution is 0.0656. The van der Waals surface area contributed by atoms with Gasteiger partial charge in [-0.15, -0.1) is 0 Å². The van der Waals surface area contributed by atoms with Gasteiger partial charge in [-0.2, -0.15) is 0 Å². The average Bonchev–Trinajstić information content (AvgIpc) is 2.90. The van der Waals surface area contributed by atoms with Gasteiger partial charge in [0.05, 0.1) is 0 Å². The summed E-state index contributed by atoms with van der Waals surface area (Å²) in [5, 5.41) is 8.25. The molecule has 2 rings (SSSR count). The summed E-state index contributed by atoms with van der Waals surface area (Å²) in [6.45, 7) is 0.141. The first kappa shape index (κ1) is 14.2. The van der Waals surface area contributed by atoms with Crippen molar-refractivity contribution in [2.45, 2.75) is 11.5 Å². The van der Waals surface area contributed by atoms with Crippen LogP contribution in [0.3, 0.4) is 0 Å². The van der Waals surface area contributed by atoms with Crippen LogP contribution in [0.5, 0.6) is 0 Å². The van der Waals surface area contributed by atoms with Gasteiger partial charge in [0.15, 0.2) is 0 Å². The maximum atomic E-state index is 11.8. The summed E-state index contributed by atoms with van der Waals surface area (Å²) in [7, 11) is -3.85. The van der Waals surface area contributed by atoms with Crippen LogP contribution in [0.4, 0.5) is 0 Å². The first-order valence-electron chi connectivity index (χ1n) is 5.72. The summed E-state index contributed by atoms with van der Waals surface area (Å²) < 4.78 is 30.7. The Morgan fingerprint density at radius 3 is 2.70 bits per heavy atom. The van der Waals surface area contributed by atoms with Crippen molar-refractivity contribution in [3.05, 3.63) is 48.0 Å². The number of furan rings is 1. The number of carboxylic acids is 1. The summed E-state index contributed by atoms with van der Waals surface area (Å²) in [6, 6.07) is 7.55. The number of pyridine rings is 1. The van der Waals surface area contributed by atoms with Crippen molar-refractivity contribution >= 4 is 16.0 Å². The number of sulfonamides is 1. The molecule has 0 aliphatic carbocycles. The van der Waals surface area contributed by atoms with Crippen LogP contribution in [0.25, 0.3) is 0 Å². The fourth-order valence-electron chi connectivity index (χ4n) is 1.51. The third-order valence-corrected chi connectivity index (χ3v) is 3.79. The van der Waals surface area contributed by atoms with Gasteiger partial charge in [0.2, 0.25) is 10.9 Å². The normalized spacial score (nSPS) is 11.4. The molecule has 0 aliphatic heterocycles. The summed E-state index contributed by atoms with van der Waals surface area (Å²) in [4.78, 5) is 14.7. The summed E-state index contributed by atoms with van der Waals surface area (Å²) in [5.74, 6) is -1.74. The van der Waals surface area contributed by atoms with Crippen molar-refractivity contribution in [2.24, 2.45) is 0 Å². The van der Waals surface area contributed by atoms with Gasteiger partial charge in [-0.1, -0.05) is 6.07 Å². The molecule has 0 amide bonds. The smallest absolute Gasteiger partial charge is 0.371 e. The predicted octanol–water partition coefficient (Wildman–Crippen LogP) is 0.894. The van der Waals surface area contributed by atoms with E-state index in [9.17, 15) is 13.2 Å². The van der Waals surface area contributed by atoms with Crippen LogP contribution in [0, 0.1) is 0 Å². The molecule has 2 aromatic heterocycles. The lowest BCUT2D eigenvalue weighted by atomic mass is 10.3. The number of aromatic nitrogens is 1. The molecule has 20 heavy (non-hydrogen) atoms. The summed E-state index contributed by atoms with van der Waals surface area (Å²) in [5.41, 5.74) is 0.751. The monoisotopic (exact) mass is 296 g/mol. The second-order valence-corrected chi connectivity index (χ2v) is 5.59. The molecule has 0 saturated carbocycles. The minimum Gasteiger partial charge on any atom is -0.475 e. The lowest BCUT2D eigenvalue weighted by Gasteiger charge is -2.03. The third-order valence-electron chi connectivity index (χ3n) is 2.46. The van der Waals surface area contributed by atoms with Crippen LogP contribution < -0.4 is 4.72 Å². The lowest BCUT2D eigenvalue weighted by Crippen LogP contribution is -2.25. The Hall–Kier alpha value is -2.19. The second-order valence-electron chi connectivity index (χ2n) is 3.89. The van der Waals surface area contributed by atoms with E-state index >= 15 is 0 Å². The van der Waals surface area contributed by atoms with E-state index in [4.69, 9.17) is 9.52 Å². The van der Waals surface area contributed by atoms with Gasteiger partial charge in [-0.3, -0.25) is 4.98 Å². The number of nitrogens with zero attached hydrogens (tertiary/aromatic N) is 1. The Kier molecular flexibility index (Phi) is 4.16. The fourth-order valence-corrected chi connectivity index (χ4v) is 2.47. The number of carbonyl (C=O) groups is 1. The topological polar surface area (TPSA) is 110 Å². The van der Waals surface area contributed by atoms with E-state index in [0.29, 0.717) is 6.42 Å². The van der Waals surface area contributed by atoms with E-state index in [1.54, 1.807) is 18.3 Å². The van der Waals surface area contributed by atoms with E-state index in [1.807, 2.05) is 6.07 Å². The molecule has 0 fully saturated rings. The van der Waals surface area contributed by atoms with Crippen LogP contribution >= 0.6 is 0 Å². The molecular weight excluding hydrogens is 284 g/mol. The number of aromatic carboxylic acids is 1. The molecule has 0 bridgehead atoms. The van der Waals surface area contributed by atoms with Gasteiger partial charge in [0.25, 0.3) is 10.0 Å². The molecule has 0 spiro atoms. The van der Waals surface area contributed by atoms with Crippen molar-refractivity contribution < 1.29 is 22.7 Å². The van der Waals surface area contributed by atoms with Gasteiger partial charge in [0, 0.05) is 24.9 Å². The Morgan fingerprint density at radius 1 is 1.30 bits per heavy atom. The first-order chi connectivity index (χ1) is 9.49. The van der Waals surface area contributed by atoms with Gasteiger partial charge < -0.3 is 9.52 Å². The van der Waals surface area contributed by atoms with E-state index in [1.165, 1.54) is 0 Å². The SMILES string of the molecule is O=C(O)c1ccc(S(=O)(=O)NCCc2ccccn2)o1. The summed E-state index contributed by atoms with van der Waals surface area (Å²) in [6.07, 6.45) is 2.04. The average molecular weight is 296 g/mol. The predicted molar refractivity (Wildman–Crippen MR) is 68.8 cm³/mol. The Bertz CT molecular complexity index is 694. The number of hydrogen-bond acceptors (Lipinski definition) is 5. The van der Waals surface area contributed by atoms with Crippen molar-refractivity contribution in [3.8, 4) is 0 Å². The van der Waals surface area contributed by atoms with Crippen molar-refractivity contribution in [1.82, 2.24) is 9.71 Å². The molecule has 0 unspecified atom stereocenters. The zero-order valence-corrected chi connectivity index (χ0v) is 11.1. The van der Waals surface area contributed by atoms with Gasteiger partial charge in [0.1, 0.15) is 0 Å². The highest BCUT2D eigenvalue weighted by atomic mass is 32.2. The maximum Gasteiger partial charge on any atom is 0.371 e. The quantitative estimate of drug-likeness (QED) is 0.819. The Morgan fingerprint density at radius 2 is 2.10 bits per heavy atom. The van der Waals surface area contributed by atoms with E-state index in [-0.39, 0.29) is 6.54 Å². The first-order valence-corrected chi connectivity index (χ1v) is 7.20. The molecule has 0 saturated heterocycles. The molecule has 0 aromatic carbocycles. The molecule has 0 radical (unpaired) electrons. The number of hydrogen-bond donors (Lipinski definition) is 2. The molecule has 106 valence electrons. The minimum atomic E-state index is -3.85. The molecule has 0 atom stereocenters. The van der Waals surface area contributed by atoms with E-state index < -0.39 is 26.8 Å². The van der Waals surface area contributed by atoms with Gasteiger partial charge in [-0.25, -0.2) is 17.9 Å². The summed E-state index contributed by atoms with van der Waals surface area (Å²) >= 11 is 0. The van der Waals surface area contributed by atoms with Crippen LogP contribution in [-0.2, 0) is 16.4 Å². The standard InChI is InChI=1S/C12H12N2O5S/c15-12(16)10-4-5-11(19-10)20(17,18)14-8-6-9-3-1-2-7-13-9/h1-5,7,14H,6,8H2,(H,15,16). The van der Waals surface area contributed by atoms with Crippen LogP contribution in [0.2, 0.25) is 0 Å². The number of rotatable bonds is 6. The van der Waals surface area contributed by atoms with Crippen LogP contribution in [0.15, 0.2) is 46.0 Å². The molecular formula is C12H12N2O5S. The van der Waals surface area contributed by atoms with Gasteiger partial charge in [-0.05, 0) is 24.3 Å². The van der Waals surface area contributed by atoms with Crippen molar-refractivity contribution in [3.63, 3.8) is 0 Å². The minimum absolute atomic E-state index is 0.141. The van der Waals surface area contributed by atoms with E-state index in [0.717, 1.165) is 17.8 Å². The zero-order chi connectivity index (χ0) is 14.6.